The van der Waals surface area contributed by atoms with E-state index >= 15 is 0 Å². The van der Waals surface area contributed by atoms with Gasteiger partial charge in [-0.3, -0.25) is 0 Å². The zero-order chi connectivity index (χ0) is 18.8. The first-order chi connectivity index (χ1) is 12.4. The molecular weight excluding hydrogens is 370 g/mol. The number of hydrogen-bond donors (Lipinski definition) is 2. The first-order valence-corrected chi connectivity index (χ1v) is 11.1. The van der Waals surface area contributed by atoms with E-state index in [4.69, 9.17) is 4.74 Å². The van der Waals surface area contributed by atoms with Crippen molar-refractivity contribution in [3.05, 3.63) is 46.2 Å². The predicted molar refractivity (Wildman–Crippen MR) is 103 cm³/mol. The van der Waals surface area contributed by atoms with Crippen molar-refractivity contribution in [1.82, 2.24) is 4.72 Å². The second kappa shape index (κ2) is 7.68. The van der Waals surface area contributed by atoms with E-state index in [1.54, 1.807) is 36.5 Å². The van der Waals surface area contributed by atoms with Crippen LogP contribution in [0, 0.1) is 0 Å². The van der Waals surface area contributed by atoms with Crippen LogP contribution in [0.15, 0.2) is 41.3 Å². The van der Waals surface area contributed by atoms with Gasteiger partial charge in [-0.15, -0.1) is 11.3 Å². The molecule has 142 valence electrons. The lowest BCUT2D eigenvalue weighted by atomic mass is 9.85. The molecule has 3 rings (SSSR count). The summed E-state index contributed by atoms with van der Waals surface area (Å²) >= 11 is 1.58. The second-order valence-electron chi connectivity index (χ2n) is 6.87. The monoisotopic (exact) mass is 395 g/mol. The van der Waals surface area contributed by atoms with Gasteiger partial charge in [-0.25, -0.2) is 13.1 Å². The van der Waals surface area contributed by atoms with Gasteiger partial charge in [0.15, 0.2) is 0 Å². The van der Waals surface area contributed by atoms with Crippen LogP contribution in [-0.2, 0) is 15.4 Å². The fraction of sp³-hybridized carbons (Fsp3) is 0.474. The van der Waals surface area contributed by atoms with E-state index in [1.807, 2.05) is 12.1 Å². The minimum Gasteiger partial charge on any atom is -0.497 e. The Morgan fingerprint density at radius 1 is 1.27 bits per heavy atom. The Kier molecular flexibility index (Phi) is 5.72. The molecule has 1 saturated carbocycles. The fourth-order valence-electron chi connectivity index (χ4n) is 3.51. The van der Waals surface area contributed by atoms with Crippen LogP contribution in [-0.4, -0.2) is 27.2 Å². The molecule has 26 heavy (non-hydrogen) atoms. The Balaban J connectivity index is 1.82. The number of aliphatic hydroxyl groups excluding tert-OH is 1. The molecule has 1 unspecified atom stereocenters. The lowest BCUT2D eigenvalue weighted by Crippen LogP contribution is -2.38. The minimum atomic E-state index is -3.61. The summed E-state index contributed by atoms with van der Waals surface area (Å²) in [5.74, 6) is 0.517. The number of methoxy groups -OCH3 is 1. The van der Waals surface area contributed by atoms with Crippen LogP contribution in [0.1, 0.15) is 48.5 Å². The highest BCUT2D eigenvalue weighted by atomic mass is 32.2. The van der Waals surface area contributed by atoms with Gasteiger partial charge in [0.25, 0.3) is 0 Å². The summed E-state index contributed by atoms with van der Waals surface area (Å²) < 4.78 is 33.4. The maximum absolute atomic E-state index is 12.7. The van der Waals surface area contributed by atoms with Crippen LogP contribution in [0.3, 0.4) is 0 Å². The fourth-order valence-corrected chi connectivity index (χ4v) is 5.86. The molecule has 0 spiro atoms. The minimum absolute atomic E-state index is 0.191. The van der Waals surface area contributed by atoms with Crippen molar-refractivity contribution in [2.45, 2.75) is 49.0 Å². The van der Waals surface area contributed by atoms with Crippen molar-refractivity contribution in [2.24, 2.45) is 0 Å². The topological polar surface area (TPSA) is 75.6 Å². The molecule has 2 N–H and O–H groups in total. The Labute approximate surface area is 159 Å². The first-order valence-electron chi connectivity index (χ1n) is 8.78. The van der Waals surface area contributed by atoms with Gasteiger partial charge in [0.1, 0.15) is 5.75 Å². The molecular formula is C19H25NO4S2. The van der Waals surface area contributed by atoms with Crippen molar-refractivity contribution in [3.63, 3.8) is 0 Å². The van der Waals surface area contributed by atoms with Gasteiger partial charge in [0, 0.05) is 27.8 Å². The molecule has 1 heterocycles. The second-order valence-corrected chi connectivity index (χ2v) is 9.75. The third-order valence-corrected chi connectivity index (χ3v) is 7.97. The molecule has 2 aromatic rings. The number of sulfonamides is 1. The SMILES string of the molecule is COc1cccc(S(=O)(=O)NCC2(c3ccc(C(C)O)s3)CCCC2)c1. The third kappa shape index (κ3) is 3.96. The highest BCUT2D eigenvalue weighted by molar-refractivity contribution is 7.89. The Morgan fingerprint density at radius 3 is 2.62 bits per heavy atom. The van der Waals surface area contributed by atoms with Crippen LogP contribution in [0.25, 0.3) is 0 Å². The molecule has 0 aliphatic heterocycles. The zero-order valence-electron chi connectivity index (χ0n) is 15.1. The Morgan fingerprint density at radius 2 is 2.00 bits per heavy atom. The van der Waals surface area contributed by atoms with Crippen molar-refractivity contribution in [3.8, 4) is 5.75 Å². The molecule has 1 aliphatic rings. The molecule has 0 saturated heterocycles. The number of benzene rings is 1. The summed E-state index contributed by atoms with van der Waals surface area (Å²) in [4.78, 5) is 2.28. The molecule has 1 atom stereocenters. The molecule has 1 aromatic heterocycles. The van der Waals surface area contributed by atoms with Crippen molar-refractivity contribution in [2.75, 3.05) is 13.7 Å². The average Bonchev–Trinajstić information content (AvgIpc) is 3.30. The van der Waals surface area contributed by atoms with Crippen LogP contribution in [0.5, 0.6) is 5.75 Å². The Hall–Kier alpha value is -1.41. The average molecular weight is 396 g/mol. The number of rotatable bonds is 7. The molecule has 0 amide bonds. The van der Waals surface area contributed by atoms with Crippen LogP contribution in [0.2, 0.25) is 0 Å². The summed E-state index contributed by atoms with van der Waals surface area (Å²) in [5.41, 5.74) is -0.191. The molecule has 7 heteroatoms. The van der Waals surface area contributed by atoms with Gasteiger partial charge in [-0.05, 0) is 44.0 Å². The summed E-state index contributed by atoms with van der Waals surface area (Å²) in [6.07, 6.45) is 3.58. The molecule has 1 fully saturated rings. The smallest absolute Gasteiger partial charge is 0.240 e. The number of hydrogen-bond acceptors (Lipinski definition) is 5. The highest BCUT2D eigenvalue weighted by Crippen LogP contribution is 2.44. The lowest BCUT2D eigenvalue weighted by Gasteiger charge is -2.28. The van der Waals surface area contributed by atoms with Gasteiger partial charge in [0.05, 0.1) is 18.1 Å². The summed E-state index contributed by atoms with van der Waals surface area (Å²) in [6.45, 7) is 2.12. The van der Waals surface area contributed by atoms with Crippen molar-refractivity contribution < 1.29 is 18.3 Å². The van der Waals surface area contributed by atoms with Crippen LogP contribution >= 0.6 is 11.3 Å². The normalized spacial score (nSPS) is 18.0. The van der Waals surface area contributed by atoms with Gasteiger partial charge in [-0.2, -0.15) is 0 Å². The van der Waals surface area contributed by atoms with E-state index in [0.29, 0.717) is 12.3 Å². The maximum atomic E-state index is 12.7. The van der Waals surface area contributed by atoms with E-state index in [9.17, 15) is 13.5 Å². The van der Waals surface area contributed by atoms with Gasteiger partial charge in [0.2, 0.25) is 10.0 Å². The number of aliphatic hydroxyl groups is 1. The van der Waals surface area contributed by atoms with Gasteiger partial charge < -0.3 is 9.84 Å². The van der Waals surface area contributed by atoms with E-state index in [0.717, 1.165) is 35.4 Å². The lowest BCUT2D eigenvalue weighted by molar-refractivity contribution is 0.203. The maximum Gasteiger partial charge on any atom is 0.240 e. The van der Waals surface area contributed by atoms with Crippen LogP contribution < -0.4 is 9.46 Å². The van der Waals surface area contributed by atoms with Gasteiger partial charge >= 0.3 is 0 Å². The van der Waals surface area contributed by atoms with Gasteiger partial charge in [-0.1, -0.05) is 18.9 Å². The number of thiophene rings is 1. The summed E-state index contributed by atoms with van der Waals surface area (Å²) in [7, 11) is -2.09. The van der Waals surface area contributed by atoms with E-state index in [2.05, 4.69) is 4.72 Å². The highest BCUT2D eigenvalue weighted by Gasteiger charge is 2.38. The van der Waals surface area contributed by atoms with Crippen molar-refractivity contribution >= 4 is 21.4 Å². The molecule has 5 nitrogen and oxygen atoms in total. The Bertz CT molecular complexity index is 852. The number of ether oxygens (including phenoxy) is 1. The van der Waals surface area contributed by atoms with Crippen LogP contribution in [0.4, 0.5) is 0 Å². The molecule has 1 aliphatic carbocycles. The van der Waals surface area contributed by atoms with E-state index in [-0.39, 0.29) is 10.3 Å². The predicted octanol–water partition coefficient (Wildman–Crippen LogP) is 3.60. The molecule has 0 radical (unpaired) electrons. The largest absolute Gasteiger partial charge is 0.497 e. The van der Waals surface area contributed by atoms with E-state index in [1.165, 1.54) is 13.2 Å². The quantitative estimate of drug-likeness (QED) is 0.751. The first kappa shape index (κ1) is 19.4. The van der Waals surface area contributed by atoms with Crippen molar-refractivity contribution in [1.29, 1.82) is 0 Å². The van der Waals surface area contributed by atoms with E-state index < -0.39 is 16.1 Å². The number of nitrogens with one attached hydrogen (secondary N) is 1. The molecule has 0 bridgehead atoms. The summed E-state index contributed by atoms with van der Waals surface area (Å²) in [6, 6.07) is 10.5. The standard InChI is InChI=1S/C19H25NO4S2/c1-14(21)17-8-9-18(25-17)19(10-3-4-11-19)13-20-26(22,23)16-7-5-6-15(12-16)24-2/h5-9,12,14,20-21H,3-4,10-11,13H2,1-2H3. The third-order valence-electron chi connectivity index (χ3n) is 5.07. The zero-order valence-corrected chi connectivity index (χ0v) is 16.7. The molecule has 1 aromatic carbocycles. The summed E-state index contributed by atoms with van der Waals surface area (Å²) in [5, 5.41) is 9.81.